The van der Waals surface area contributed by atoms with E-state index in [0.717, 1.165) is 3.57 Å². The minimum absolute atomic E-state index is 0.0189. The Morgan fingerprint density at radius 2 is 1.38 bits per heavy atom. The second-order valence-corrected chi connectivity index (χ2v) is 5.97. The molecule has 0 bridgehead atoms. The molecule has 0 atom stereocenters. The summed E-state index contributed by atoms with van der Waals surface area (Å²) in [5.74, 6) is -5.26. The third kappa shape index (κ3) is 3.22. The Morgan fingerprint density at radius 3 is 1.86 bits per heavy atom. The number of halogens is 5. The highest BCUT2D eigenvalue weighted by Gasteiger charge is 2.25. The Kier molecular flexibility index (Phi) is 5.24. The molecule has 2 aromatic carbocycles. The van der Waals surface area contributed by atoms with Crippen LogP contribution in [-0.2, 0) is 6.42 Å². The molecule has 0 saturated heterocycles. The van der Waals surface area contributed by atoms with Gasteiger partial charge < -0.3 is 0 Å². The van der Waals surface area contributed by atoms with Crippen LogP contribution in [0.15, 0.2) is 24.3 Å². The van der Waals surface area contributed by atoms with Crippen molar-refractivity contribution in [1.29, 1.82) is 0 Å². The van der Waals surface area contributed by atoms with E-state index in [-0.39, 0.29) is 12.0 Å². The van der Waals surface area contributed by atoms with E-state index >= 15 is 0 Å². The van der Waals surface area contributed by atoms with E-state index < -0.39 is 34.4 Å². The van der Waals surface area contributed by atoms with Gasteiger partial charge in [0.1, 0.15) is 0 Å². The zero-order chi connectivity index (χ0) is 15.6. The largest absolute Gasteiger partial charge is 0.203 e. The van der Waals surface area contributed by atoms with Crippen LogP contribution in [0.5, 0.6) is 0 Å². The first-order chi connectivity index (χ1) is 9.97. The van der Waals surface area contributed by atoms with E-state index in [2.05, 4.69) is 0 Å². The van der Waals surface area contributed by atoms with Gasteiger partial charge in [-0.2, -0.15) is 0 Å². The molecule has 0 aromatic heterocycles. The van der Waals surface area contributed by atoms with Crippen molar-refractivity contribution in [2.45, 2.75) is 26.2 Å². The molecule has 2 aromatic rings. The molecule has 0 radical (unpaired) electrons. The highest BCUT2D eigenvalue weighted by molar-refractivity contribution is 14.1. The van der Waals surface area contributed by atoms with Gasteiger partial charge in [-0.05, 0) is 53.1 Å². The smallest absolute Gasteiger partial charge is 0.170 e. The minimum atomic E-state index is -1.33. The molecular weight excluding hydrogens is 395 g/mol. The van der Waals surface area contributed by atoms with Gasteiger partial charge in [-0.25, -0.2) is 17.6 Å². The van der Waals surface area contributed by atoms with Gasteiger partial charge >= 0.3 is 0 Å². The number of rotatable bonds is 4. The van der Waals surface area contributed by atoms with Crippen molar-refractivity contribution >= 4 is 22.6 Å². The maximum Gasteiger partial charge on any atom is 0.170 e. The fourth-order valence-corrected chi connectivity index (χ4v) is 2.48. The third-order valence-corrected chi connectivity index (χ3v) is 3.99. The molecule has 2 rings (SSSR count). The summed E-state index contributed by atoms with van der Waals surface area (Å²) in [5, 5.41) is 0. The fourth-order valence-electron chi connectivity index (χ4n) is 2.12. The van der Waals surface area contributed by atoms with Crippen molar-refractivity contribution in [3.63, 3.8) is 0 Å². The summed E-state index contributed by atoms with van der Waals surface area (Å²) in [6, 6.07) is 6.12. The van der Waals surface area contributed by atoms with Crippen LogP contribution in [0.2, 0.25) is 0 Å². The molecular formula is C16H13F4I. The van der Waals surface area contributed by atoms with Gasteiger partial charge in [0.05, 0.1) is 5.56 Å². The molecule has 112 valence electrons. The number of benzene rings is 2. The predicted octanol–water partition coefficient (Wildman–Crippen LogP) is 5.86. The van der Waals surface area contributed by atoms with Crippen molar-refractivity contribution in [3.8, 4) is 11.1 Å². The molecule has 0 nitrogen and oxygen atoms in total. The normalized spacial score (nSPS) is 11.0. The highest BCUT2D eigenvalue weighted by Crippen LogP contribution is 2.33. The van der Waals surface area contributed by atoms with Crippen LogP contribution in [0, 0.1) is 26.8 Å². The molecule has 0 fully saturated rings. The van der Waals surface area contributed by atoms with E-state index in [1.165, 1.54) is 12.1 Å². The van der Waals surface area contributed by atoms with Crippen LogP contribution >= 0.6 is 22.6 Å². The van der Waals surface area contributed by atoms with Crippen LogP contribution in [0.1, 0.15) is 25.3 Å². The summed E-state index contributed by atoms with van der Waals surface area (Å²) in [5.41, 5.74) is -1.05. The molecule has 0 N–H and O–H groups in total. The van der Waals surface area contributed by atoms with E-state index in [1.807, 2.05) is 29.5 Å². The topological polar surface area (TPSA) is 0 Å². The molecule has 0 aliphatic carbocycles. The monoisotopic (exact) mass is 408 g/mol. The Bertz CT molecular complexity index is 621. The van der Waals surface area contributed by atoms with Gasteiger partial charge in [-0.3, -0.25) is 0 Å². The lowest BCUT2D eigenvalue weighted by Crippen LogP contribution is -2.06. The number of hydrogen-bond donors (Lipinski definition) is 0. The molecule has 5 heteroatoms. The van der Waals surface area contributed by atoms with Crippen LogP contribution in [0.4, 0.5) is 17.6 Å². The minimum Gasteiger partial charge on any atom is -0.203 e. The van der Waals surface area contributed by atoms with Crippen LogP contribution in [0.25, 0.3) is 11.1 Å². The SMILES string of the molecule is CCCCc1c(F)c(F)c(-c2ccc(I)cc2)c(F)c1F. The molecule has 0 heterocycles. The summed E-state index contributed by atoms with van der Waals surface area (Å²) in [6.07, 6.45) is 1.13. The summed E-state index contributed by atoms with van der Waals surface area (Å²) >= 11 is 2.03. The summed E-state index contributed by atoms with van der Waals surface area (Å²) in [6.45, 7) is 1.84. The van der Waals surface area contributed by atoms with Crippen molar-refractivity contribution in [1.82, 2.24) is 0 Å². The van der Waals surface area contributed by atoms with Crippen molar-refractivity contribution in [2.24, 2.45) is 0 Å². The molecule has 0 aliphatic rings. The molecule has 21 heavy (non-hydrogen) atoms. The van der Waals surface area contributed by atoms with E-state index in [0.29, 0.717) is 12.8 Å². The van der Waals surface area contributed by atoms with Gasteiger partial charge in [0, 0.05) is 9.13 Å². The number of hydrogen-bond acceptors (Lipinski definition) is 0. The highest BCUT2D eigenvalue weighted by atomic mass is 127. The van der Waals surface area contributed by atoms with Gasteiger partial charge in [-0.1, -0.05) is 25.5 Å². The lowest BCUT2D eigenvalue weighted by Gasteiger charge is -2.12. The van der Waals surface area contributed by atoms with E-state index in [1.54, 1.807) is 12.1 Å². The molecule has 0 aliphatic heterocycles. The van der Waals surface area contributed by atoms with Crippen molar-refractivity contribution in [3.05, 3.63) is 56.7 Å². The standard InChI is InChI=1S/C16H13F4I/c1-2-3-4-11-13(17)15(19)12(16(20)14(11)18)9-5-7-10(21)8-6-9/h5-8H,2-4H2,1H3. The van der Waals surface area contributed by atoms with E-state index in [4.69, 9.17) is 0 Å². The van der Waals surface area contributed by atoms with Gasteiger partial charge in [0.2, 0.25) is 0 Å². The molecule has 0 saturated carbocycles. The molecule has 0 unspecified atom stereocenters. The van der Waals surface area contributed by atoms with Crippen molar-refractivity contribution < 1.29 is 17.6 Å². The zero-order valence-corrected chi connectivity index (χ0v) is 13.5. The Hall–Kier alpha value is -1.11. The third-order valence-electron chi connectivity index (χ3n) is 3.27. The van der Waals surface area contributed by atoms with Gasteiger partial charge in [-0.15, -0.1) is 0 Å². The van der Waals surface area contributed by atoms with Crippen molar-refractivity contribution in [2.75, 3.05) is 0 Å². The maximum absolute atomic E-state index is 14.1. The average molecular weight is 408 g/mol. The summed E-state index contributed by atoms with van der Waals surface area (Å²) < 4.78 is 57.1. The molecule has 0 amide bonds. The van der Waals surface area contributed by atoms with Crippen LogP contribution in [0.3, 0.4) is 0 Å². The maximum atomic E-state index is 14.1. The number of unbranched alkanes of at least 4 members (excludes halogenated alkanes) is 1. The average Bonchev–Trinajstić information content (AvgIpc) is 2.47. The van der Waals surface area contributed by atoms with Gasteiger partial charge in [0.25, 0.3) is 0 Å². The predicted molar refractivity (Wildman–Crippen MR) is 83.0 cm³/mol. The second kappa shape index (κ2) is 6.77. The molecule has 0 spiro atoms. The summed E-state index contributed by atoms with van der Waals surface area (Å²) in [4.78, 5) is 0. The van der Waals surface area contributed by atoms with Gasteiger partial charge in [0.15, 0.2) is 23.3 Å². The first-order valence-corrected chi connectivity index (χ1v) is 7.66. The summed E-state index contributed by atoms with van der Waals surface area (Å²) in [7, 11) is 0. The zero-order valence-electron chi connectivity index (χ0n) is 11.3. The first-order valence-electron chi connectivity index (χ1n) is 6.58. The quantitative estimate of drug-likeness (QED) is 0.338. The Morgan fingerprint density at radius 1 is 0.857 bits per heavy atom. The Balaban J connectivity index is 2.60. The van der Waals surface area contributed by atoms with Crippen LogP contribution < -0.4 is 0 Å². The van der Waals surface area contributed by atoms with E-state index in [9.17, 15) is 17.6 Å². The lowest BCUT2D eigenvalue weighted by molar-refractivity contribution is 0.441. The second-order valence-electron chi connectivity index (χ2n) is 4.72. The fraction of sp³-hybridized carbons (Fsp3) is 0.250. The Labute approximate surface area is 134 Å². The van der Waals surface area contributed by atoms with Crippen LogP contribution in [-0.4, -0.2) is 0 Å². The first kappa shape index (κ1) is 16.3. The lowest BCUT2D eigenvalue weighted by atomic mass is 9.98.